The van der Waals surface area contributed by atoms with Crippen molar-refractivity contribution in [3.63, 3.8) is 0 Å². The molecule has 1 saturated carbocycles. The van der Waals surface area contributed by atoms with Crippen molar-refractivity contribution < 1.29 is 15.6 Å². The molecule has 3 heterocycles. The standard InChI is InChI=1S/C21H24N4O3.H2/c1-26-8-9-27-18-11-28-17-5-3-2-4-14(17)19(18)25-21-15-10-16(13-6-7-13)24-20(15)22-12-23-21;/h2-5,10,12-13,18-19H,6-9,11H2,1H3,(H2,22,23,24,25);1H/t18-,19-;/m0./s1. The summed E-state index contributed by atoms with van der Waals surface area (Å²) in [6.07, 6.45) is 3.94. The second-order valence-electron chi connectivity index (χ2n) is 7.36. The van der Waals surface area contributed by atoms with Crippen molar-refractivity contribution in [2.75, 3.05) is 32.2 Å². The van der Waals surface area contributed by atoms with Crippen molar-refractivity contribution in [2.45, 2.75) is 30.9 Å². The van der Waals surface area contributed by atoms with Gasteiger partial charge in [0.1, 0.15) is 36.3 Å². The van der Waals surface area contributed by atoms with Gasteiger partial charge < -0.3 is 24.5 Å². The van der Waals surface area contributed by atoms with E-state index in [1.165, 1.54) is 18.5 Å². The van der Waals surface area contributed by atoms with Gasteiger partial charge in [0.2, 0.25) is 0 Å². The molecule has 0 bridgehead atoms. The van der Waals surface area contributed by atoms with Crippen LogP contribution in [-0.2, 0) is 9.47 Å². The second-order valence-corrected chi connectivity index (χ2v) is 7.36. The lowest BCUT2D eigenvalue weighted by atomic mass is 9.98. The maximum atomic E-state index is 6.07. The summed E-state index contributed by atoms with van der Waals surface area (Å²) >= 11 is 0. The highest BCUT2D eigenvalue weighted by Gasteiger charge is 2.33. The summed E-state index contributed by atoms with van der Waals surface area (Å²) in [4.78, 5) is 12.4. The number of methoxy groups -OCH3 is 1. The van der Waals surface area contributed by atoms with Crippen LogP contribution >= 0.6 is 0 Å². The Balaban J connectivity index is 0.00000205. The van der Waals surface area contributed by atoms with Crippen LogP contribution in [0.15, 0.2) is 36.7 Å². The van der Waals surface area contributed by atoms with Gasteiger partial charge in [-0.3, -0.25) is 0 Å². The fourth-order valence-corrected chi connectivity index (χ4v) is 3.77. The normalized spacial score (nSPS) is 21.3. The number of hydrogen-bond donors (Lipinski definition) is 2. The Bertz CT molecular complexity index is 975. The molecule has 7 heteroatoms. The summed E-state index contributed by atoms with van der Waals surface area (Å²) < 4.78 is 17.1. The molecule has 1 aliphatic carbocycles. The molecule has 0 saturated heterocycles. The molecule has 148 valence electrons. The van der Waals surface area contributed by atoms with E-state index < -0.39 is 0 Å². The molecule has 0 unspecified atom stereocenters. The fraction of sp³-hybridized carbons (Fsp3) is 0.429. The van der Waals surface area contributed by atoms with Crippen molar-refractivity contribution in [2.24, 2.45) is 0 Å². The molecule has 1 fully saturated rings. The van der Waals surface area contributed by atoms with Gasteiger partial charge in [-0.05, 0) is 30.9 Å². The zero-order valence-electron chi connectivity index (χ0n) is 15.9. The first-order valence-electron chi connectivity index (χ1n) is 9.76. The molecule has 1 aromatic carbocycles. The molecular formula is C21H26N4O3. The van der Waals surface area contributed by atoms with E-state index in [4.69, 9.17) is 14.2 Å². The topological polar surface area (TPSA) is 81.3 Å². The Morgan fingerprint density at radius 3 is 3.00 bits per heavy atom. The van der Waals surface area contributed by atoms with E-state index in [2.05, 4.69) is 32.4 Å². The summed E-state index contributed by atoms with van der Waals surface area (Å²) in [5, 5.41) is 4.63. The molecule has 2 aromatic heterocycles. The lowest BCUT2D eigenvalue weighted by molar-refractivity contribution is -0.0230. The van der Waals surface area contributed by atoms with Gasteiger partial charge in [-0.2, -0.15) is 0 Å². The number of nitrogens with one attached hydrogen (secondary N) is 2. The van der Waals surface area contributed by atoms with Gasteiger partial charge in [0.15, 0.2) is 0 Å². The third-order valence-electron chi connectivity index (χ3n) is 5.40. The summed E-state index contributed by atoms with van der Waals surface area (Å²) in [5.74, 6) is 2.33. The Hall–Kier alpha value is -2.64. The van der Waals surface area contributed by atoms with E-state index in [0.29, 0.717) is 25.7 Å². The summed E-state index contributed by atoms with van der Waals surface area (Å²) in [6.45, 7) is 1.54. The Kier molecular flexibility index (Phi) is 4.62. The van der Waals surface area contributed by atoms with Crippen molar-refractivity contribution in [1.82, 2.24) is 15.0 Å². The summed E-state index contributed by atoms with van der Waals surface area (Å²) in [5.41, 5.74) is 3.19. The number of benzene rings is 1. The number of H-pyrrole nitrogens is 1. The zero-order valence-corrected chi connectivity index (χ0v) is 15.9. The maximum Gasteiger partial charge on any atom is 0.143 e. The minimum absolute atomic E-state index is 0. The number of aromatic nitrogens is 3. The van der Waals surface area contributed by atoms with Crippen LogP contribution in [0, 0.1) is 0 Å². The van der Waals surface area contributed by atoms with Gasteiger partial charge in [-0.25, -0.2) is 9.97 Å². The highest BCUT2D eigenvalue weighted by Crippen LogP contribution is 2.42. The van der Waals surface area contributed by atoms with E-state index in [1.807, 2.05) is 18.2 Å². The van der Waals surface area contributed by atoms with Crippen LogP contribution in [0.4, 0.5) is 5.82 Å². The number of anilines is 1. The largest absolute Gasteiger partial charge is 0.490 e. The van der Waals surface area contributed by atoms with Crippen molar-refractivity contribution in [3.05, 3.63) is 47.9 Å². The lowest BCUT2D eigenvalue weighted by Crippen LogP contribution is -2.38. The van der Waals surface area contributed by atoms with Crippen molar-refractivity contribution in [1.29, 1.82) is 0 Å². The number of nitrogens with zero attached hydrogens (tertiary/aromatic N) is 2. The SMILES string of the molecule is COCCO[C@H]1COc2ccccc2[C@@H]1Nc1ncnc2[nH]c(C3CC3)cc12.[HH]. The van der Waals surface area contributed by atoms with Crippen molar-refractivity contribution >= 4 is 16.9 Å². The van der Waals surface area contributed by atoms with E-state index in [1.54, 1.807) is 13.4 Å². The minimum atomic E-state index is -0.142. The molecule has 2 N–H and O–H groups in total. The molecule has 5 rings (SSSR count). The molecule has 7 nitrogen and oxygen atoms in total. The van der Waals surface area contributed by atoms with Gasteiger partial charge >= 0.3 is 0 Å². The van der Waals surface area contributed by atoms with Crippen LogP contribution in [0.5, 0.6) is 5.75 Å². The third kappa shape index (κ3) is 3.31. The highest BCUT2D eigenvalue weighted by atomic mass is 16.6. The number of rotatable bonds is 7. The van der Waals surface area contributed by atoms with Gasteiger partial charge in [0.05, 0.1) is 24.6 Å². The van der Waals surface area contributed by atoms with E-state index in [0.717, 1.165) is 28.2 Å². The minimum Gasteiger partial charge on any atom is -0.490 e. The maximum absolute atomic E-state index is 6.07. The lowest BCUT2D eigenvalue weighted by Gasteiger charge is -2.34. The van der Waals surface area contributed by atoms with E-state index in [-0.39, 0.29) is 13.6 Å². The third-order valence-corrected chi connectivity index (χ3v) is 5.40. The number of para-hydroxylation sites is 1. The van der Waals surface area contributed by atoms with Gasteiger partial charge in [-0.1, -0.05) is 18.2 Å². The van der Waals surface area contributed by atoms with Gasteiger partial charge in [0.25, 0.3) is 0 Å². The number of aromatic amines is 1. The van der Waals surface area contributed by atoms with Crippen LogP contribution in [0.3, 0.4) is 0 Å². The van der Waals surface area contributed by atoms with Crippen LogP contribution in [0.2, 0.25) is 0 Å². The van der Waals surface area contributed by atoms with Gasteiger partial charge in [0, 0.05) is 19.8 Å². The fourth-order valence-electron chi connectivity index (χ4n) is 3.77. The smallest absolute Gasteiger partial charge is 0.143 e. The Labute approximate surface area is 164 Å². The number of hydrogen-bond acceptors (Lipinski definition) is 6. The number of ether oxygens (including phenoxy) is 3. The van der Waals surface area contributed by atoms with Crippen LogP contribution in [-0.4, -0.2) is 48.0 Å². The monoisotopic (exact) mass is 382 g/mol. The van der Waals surface area contributed by atoms with E-state index >= 15 is 0 Å². The second kappa shape index (κ2) is 7.41. The van der Waals surface area contributed by atoms with Crippen LogP contribution in [0.25, 0.3) is 11.0 Å². The molecular weight excluding hydrogens is 356 g/mol. The van der Waals surface area contributed by atoms with Crippen molar-refractivity contribution in [3.8, 4) is 5.75 Å². The molecule has 1 aliphatic heterocycles. The first kappa shape index (κ1) is 17.5. The highest BCUT2D eigenvalue weighted by molar-refractivity contribution is 5.88. The van der Waals surface area contributed by atoms with Crippen LogP contribution in [0.1, 0.15) is 37.5 Å². The number of fused-ring (bicyclic) bond motifs is 2. The molecule has 0 radical (unpaired) electrons. The van der Waals surface area contributed by atoms with Gasteiger partial charge in [-0.15, -0.1) is 0 Å². The molecule has 2 aliphatic rings. The Morgan fingerprint density at radius 2 is 2.14 bits per heavy atom. The quantitative estimate of drug-likeness (QED) is 0.607. The summed E-state index contributed by atoms with van der Waals surface area (Å²) in [7, 11) is 1.67. The molecule has 0 spiro atoms. The van der Waals surface area contributed by atoms with E-state index in [9.17, 15) is 0 Å². The predicted octanol–water partition coefficient (Wildman–Crippen LogP) is 3.66. The Morgan fingerprint density at radius 1 is 1.25 bits per heavy atom. The molecule has 28 heavy (non-hydrogen) atoms. The molecule has 3 aromatic rings. The first-order valence-corrected chi connectivity index (χ1v) is 9.76. The average Bonchev–Trinajstić information content (AvgIpc) is 3.48. The molecule has 2 atom stereocenters. The summed E-state index contributed by atoms with van der Waals surface area (Å²) in [6, 6.07) is 10.2. The average molecular weight is 382 g/mol. The zero-order chi connectivity index (χ0) is 18.9. The van der Waals surface area contributed by atoms with Crippen LogP contribution < -0.4 is 10.1 Å². The molecule has 0 amide bonds. The first-order chi connectivity index (χ1) is 13.8. The predicted molar refractivity (Wildman–Crippen MR) is 108 cm³/mol.